The Morgan fingerprint density at radius 1 is 1.28 bits per heavy atom. The van der Waals surface area contributed by atoms with Crippen LogP contribution in [0.4, 0.5) is 14.5 Å². The molecular formula is C23H26F2N6O4S. The smallest absolute Gasteiger partial charge is 0.275 e. The molecule has 0 bridgehead atoms. The summed E-state index contributed by atoms with van der Waals surface area (Å²) in [5.41, 5.74) is 6.60. The zero-order valence-electron chi connectivity index (χ0n) is 20.2. The summed E-state index contributed by atoms with van der Waals surface area (Å²) in [6, 6.07) is 3.96. The lowest BCUT2D eigenvalue weighted by atomic mass is 9.99. The number of thioether (sulfide) groups is 1. The lowest BCUT2D eigenvalue weighted by molar-refractivity contribution is 0.102. The largest absolute Gasteiger partial charge is 0.468 e. The molecular weight excluding hydrogens is 494 g/mol. The second-order valence-corrected chi connectivity index (χ2v) is 9.68. The number of anilines is 1. The number of nitrogens with two attached hydrogens (primary N) is 1. The van der Waals surface area contributed by atoms with Gasteiger partial charge in [-0.3, -0.25) is 9.79 Å². The zero-order valence-corrected chi connectivity index (χ0v) is 21.0. The van der Waals surface area contributed by atoms with Crippen LogP contribution < -0.4 is 15.8 Å². The molecule has 1 aromatic carbocycles. The summed E-state index contributed by atoms with van der Waals surface area (Å²) in [6.45, 7) is 3.87. The van der Waals surface area contributed by atoms with Crippen LogP contribution in [0, 0.1) is 18.6 Å². The van der Waals surface area contributed by atoms with E-state index in [4.69, 9.17) is 19.7 Å². The number of hydrogen-bond donors (Lipinski definition) is 2. The molecule has 2 aromatic heterocycles. The molecule has 1 amide bonds. The summed E-state index contributed by atoms with van der Waals surface area (Å²) < 4.78 is 44.0. The molecule has 2 heterocycles. The average Bonchev–Trinajstić information content (AvgIpc) is 3.26. The lowest BCUT2D eigenvalue weighted by Gasteiger charge is -2.28. The number of aryl methyl sites for hydroxylation is 1. The van der Waals surface area contributed by atoms with Gasteiger partial charge in [-0.05, 0) is 31.9 Å². The van der Waals surface area contributed by atoms with Crippen LogP contribution in [0.3, 0.4) is 0 Å². The van der Waals surface area contributed by atoms with Gasteiger partial charge >= 0.3 is 0 Å². The highest BCUT2D eigenvalue weighted by Crippen LogP contribution is 2.32. The van der Waals surface area contributed by atoms with Gasteiger partial charge in [0, 0.05) is 36.7 Å². The topological polar surface area (TPSA) is 138 Å². The molecule has 0 unspecified atom stereocenters. The molecule has 0 radical (unpaired) electrons. The summed E-state index contributed by atoms with van der Waals surface area (Å²) in [6.07, 6.45) is 2.53. The molecule has 0 saturated carbocycles. The van der Waals surface area contributed by atoms with Crippen molar-refractivity contribution in [2.75, 3.05) is 26.1 Å². The van der Waals surface area contributed by atoms with Gasteiger partial charge in [-0.2, -0.15) is 0 Å². The molecule has 0 saturated heterocycles. The number of halogens is 2. The van der Waals surface area contributed by atoms with Crippen molar-refractivity contribution in [1.29, 1.82) is 0 Å². The predicted octanol–water partition coefficient (Wildman–Crippen LogP) is 3.51. The molecule has 0 spiro atoms. The highest BCUT2D eigenvalue weighted by atomic mass is 32.2. The maximum Gasteiger partial charge on any atom is 0.275 e. The van der Waals surface area contributed by atoms with E-state index in [2.05, 4.69) is 25.4 Å². The standard InChI is InChI=1S/C23H26F2N6O4S/c1-13-5-16(35-31-13)11-34-19-10-28-18(9-29-19)21(32)30-15-6-14(20(25)17(24)7-15)8-23(2,12-33-4)36-22(26)27-3/h5-7,9-10H,8,11-12H2,1-4H3,(H2,26,27)(H,30,32)/t23-/m1/s1. The number of benzene rings is 1. The highest BCUT2D eigenvalue weighted by molar-refractivity contribution is 8.15. The second-order valence-electron chi connectivity index (χ2n) is 8.07. The number of hydrogen-bond acceptors (Lipinski definition) is 9. The number of nitrogens with zero attached hydrogens (tertiary/aromatic N) is 4. The van der Waals surface area contributed by atoms with E-state index in [1.165, 1.54) is 44.4 Å². The van der Waals surface area contributed by atoms with Gasteiger partial charge in [-0.15, -0.1) is 0 Å². The van der Waals surface area contributed by atoms with Crippen molar-refractivity contribution in [2.24, 2.45) is 10.7 Å². The first-order valence-electron chi connectivity index (χ1n) is 10.7. The monoisotopic (exact) mass is 520 g/mol. The summed E-state index contributed by atoms with van der Waals surface area (Å²) >= 11 is 1.19. The van der Waals surface area contributed by atoms with E-state index >= 15 is 0 Å². The van der Waals surface area contributed by atoms with E-state index in [0.717, 1.165) is 6.07 Å². The van der Waals surface area contributed by atoms with E-state index in [1.54, 1.807) is 19.9 Å². The normalized spacial score (nSPS) is 13.3. The minimum atomic E-state index is -1.11. The summed E-state index contributed by atoms with van der Waals surface area (Å²) in [4.78, 5) is 24.6. The van der Waals surface area contributed by atoms with Gasteiger partial charge in [0.15, 0.2) is 29.2 Å². The third-order valence-corrected chi connectivity index (χ3v) is 5.99. The van der Waals surface area contributed by atoms with E-state index in [9.17, 15) is 13.6 Å². The van der Waals surface area contributed by atoms with Crippen LogP contribution in [0.25, 0.3) is 0 Å². The number of nitrogens with one attached hydrogen (secondary N) is 1. The number of carbonyl (C=O) groups excluding carboxylic acids is 1. The first-order chi connectivity index (χ1) is 17.1. The molecule has 0 aliphatic rings. The van der Waals surface area contributed by atoms with Crippen LogP contribution >= 0.6 is 11.8 Å². The van der Waals surface area contributed by atoms with Crippen LogP contribution in [0.1, 0.15) is 34.4 Å². The van der Waals surface area contributed by atoms with E-state index in [0.29, 0.717) is 11.5 Å². The molecule has 36 heavy (non-hydrogen) atoms. The van der Waals surface area contributed by atoms with Gasteiger partial charge in [0.25, 0.3) is 5.91 Å². The second kappa shape index (κ2) is 11.9. The molecule has 10 nitrogen and oxygen atoms in total. The number of aliphatic imine (C=N–C) groups is 1. The zero-order chi connectivity index (χ0) is 26.3. The molecule has 3 aromatic rings. The summed E-state index contributed by atoms with van der Waals surface area (Å²) in [7, 11) is 3.03. The maximum atomic E-state index is 14.6. The van der Waals surface area contributed by atoms with Gasteiger partial charge in [-0.1, -0.05) is 16.9 Å². The van der Waals surface area contributed by atoms with Crippen molar-refractivity contribution < 1.29 is 27.6 Å². The van der Waals surface area contributed by atoms with Crippen molar-refractivity contribution in [3.05, 3.63) is 64.9 Å². The molecule has 0 aliphatic heterocycles. The third-order valence-electron chi connectivity index (χ3n) is 4.85. The van der Waals surface area contributed by atoms with Gasteiger partial charge in [-0.25, -0.2) is 18.7 Å². The van der Waals surface area contributed by atoms with Crippen molar-refractivity contribution in [1.82, 2.24) is 15.1 Å². The number of methoxy groups -OCH3 is 1. The predicted molar refractivity (Wildman–Crippen MR) is 131 cm³/mol. The van der Waals surface area contributed by atoms with E-state index < -0.39 is 22.3 Å². The lowest BCUT2D eigenvalue weighted by Crippen LogP contribution is -2.33. The molecule has 0 aliphatic carbocycles. The van der Waals surface area contributed by atoms with Crippen molar-refractivity contribution in [3.63, 3.8) is 0 Å². The Morgan fingerprint density at radius 2 is 2.06 bits per heavy atom. The molecule has 13 heteroatoms. The number of amides is 1. The summed E-state index contributed by atoms with van der Waals surface area (Å²) in [5, 5.41) is 6.55. The van der Waals surface area contributed by atoms with Crippen LogP contribution in [-0.2, 0) is 17.8 Å². The van der Waals surface area contributed by atoms with Crippen LogP contribution in [0.5, 0.6) is 5.88 Å². The molecule has 192 valence electrons. The Bertz CT molecular complexity index is 1240. The minimum Gasteiger partial charge on any atom is -0.468 e. The third kappa shape index (κ3) is 7.21. The number of rotatable bonds is 10. The van der Waals surface area contributed by atoms with Crippen LogP contribution in [-0.4, -0.2) is 51.7 Å². The number of carbonyl (C=O) groups is 1. The Hall–Kier alpha value is -3.58. The van der Waals surface area contributed by atoms with Crippen LogP contribution in [0.15, 0.2) is 40.1 Å². The Morgan fingerprint density at radius 3 is 2.67 bits per heavy atom. The Balaban J connectivity index is 1.71. The van der Waals surface area contributed by atoms with Gasteiger partial charge < -0.3 is 25.0 Å². The average molecular weight is 521 g/mol. The highest BCUT2D eigenvalue weighted by Gasteiger charge is 2.30. The quantitative estimate of drug-likeness (QED) is 0.304. The maximum absolute atomic E-state index is 14.6. The van der Waals surface area contributed by atoms with E-state index in [-0.39, 0.29) is 47.6 Å². The molecule has 1 atom stereocenters. The fraction of sp³-hybridized carbons (Fsp3) is 0.348. The first-order valence-corrected chi connectivity index (χ1v) is 11.5. The minimum absolute atomic E-state index is 0.0405. The van der Waals surface area contributed by atoms with Gasteiger partial charge in [0.05, 0.1) is 24.7 Å². The SMILES string of the molecule is C/N=C(/N)S[C@@](C)(COC)Cc1cc(NC(=O)c2cnc(OCc3cc(C)no3)cn2)cc(F)c1F. The van der Waals surface area contributed by atoms with Crippen LogP contribution in [0.2, 0.25) is 0 Å². The first kappa shape index (κ1) is 27.0. The summed E-state index contributed by atoms with van der Waals surface area (Å²) in [5.74, 6) is -2.11. The van der Waals surface area contributed by atoms with Crippen molar-refractivity contribution in [3.8, 4) is 5.88 Å². The Labute approximate surface area is 210 Å². The van der Waals surface area contributed by atoms with Gasteiger partial charge in [0.2, 0.25) is 5.88 Å². The molecule has 3 N–H and O–H groups in total. The fourth-order valence-corrected chi connectivity index (χ4v) is 4.30. The number of ether oxygens (including phenoxy) is 2. The number of amidine groups is 1. The Kier molecular flexibility index (Phi) is 8.93. The molecule has 3 rings (SSSR count). The van der Waals surface area contributed by atoms with E-state index in [1.807, 2.05) is 0 Å². The molecule has 0 fully saturated rings. The number of aromatic nitrogens is 3. The van der Waals surface area contributed by atoms with Gasteiger partial charge in [0.1, 0.15) is 5.69 Å². The van der Waals surface area contributed by atoms with Crippen molar-refractivity contribution in [2.45, 2.75) is 31.6 Å². The fourth-order valence-electron chi connectivity index (χ4n) is 3.30. The van der Waals surface area contributed by atoms with Crippen molar-refractivity contribution >= 4 is 28.5 Å².